The average Bonchev–Trinajstić information content (AvgIpc) is 2.98. The summed E-state index contributed by atoms with van der Waals surface area (Å²) in [5.41, 5.74) is 1.90. The molecule has 8 heteroatoms. The molecule has 0 bridgehead atoms. The highest BCUT2D eigenvalue weighted by molar-refractivity contribution is 5.79. The van der Waals surface area contributed by atoms with E-state index in [9.17, 15) is 14.7 Å². The van der Waals surface area contributed by atoms with E-state index >= 15 is 0 Å². The molecule has 2 heterocycles. The first-order valence-corrected chi connectivity index (χ1v) is 10.2. The maximum absolute atomic E-state index is 12.8. The number of aromatic nitrogens is 2. The molecule has 29 heavy (non-hydrogen) atoms. The highest BCUT2D eigenvalue weighted by Gasteiger charge is 2.28. The van der Waals surface area contributed by atoms with Crippen molar-refractivity contribution >= 4 is 22.8 Å². The lowest BCUT2D eigenvalue weighted by molar-refractivity contribution is -0.132. The Morgan fingerprint density at radius 3 is 2.76 bits per heavy atom. The van der Waals surface area contributed by atoms with Crippen molar-refractivity contribution in [3.05, 3.63) is 30.1 Å². The van der Waals surface area contributed by atoms with Crippen LogP contribution in [-0.2, 0) is 16.1 Å². The van der Waals surface area contributed by atoms with E-state index < -0.39 is 6.10 Å². The number of likely N-dealkylation sites (N-methyl/N-ethyl adjacent to an activating group) is 1. The van der Waals surface area contributed by atoms with Crippen LogP contribution in [-0.4, -0.2) is 75.5 Å². The van der Waals surface area contributed by atoms with E-state index in [1.165, 1.54) is 0 Å². The quantitative estimate of drug-likeness (QED) is 0.673. The number of aliphatic hydroxyl groups is 1. The molecular formula is C21H31N5O3. The number of likely N-dealkylation sites (tertiary alicyclic amines) is 1. The van der Waals surface area contributed by atoms with Gasteiger partial charge in [0.25, 0.3) is 0 Å². The number of hydrogen-bond donors (Lipinski definition) is 3. The van der Waals surface area contributed by atoms with Gasteiger partial charge in [0.1, 0.15) is 5.82 Å². The summed E-state index contributed by atoms with van der Waals surface area (Å²) in [6.45, 7) is 5.49. The first-order chi connectivity index (χ1) is 13.8. The highest BCUT2D eigenvalue weighted by Crippen LogP contribution is 2.14. The molecule has 3 N–H and O–H groups in total. The molecule has 0 spiro atoms. The lowest BCUT2D eigenvalue weighted by Crippen LogP contribution is -2.45. The SMILES string of the molecule is CC(C)C(=O)N[C@H]1CCN(C(=O)CN(C)Cc2nc3ccccc3[nH]2)CC[C@@H]1O. The molecule has 0 saturated carbocycles. The van der Waals surface area contributed by atoms with Crippen molar-refractivity contribution in [1.29, 1.82) is 0 Å². The van der Waals surface area contributed by atoms with Gasteiger partial charge >= 0.3 is 0 Å². The Morgan fingerprint density at radius 2 is 2.03 bits per heavy atom. The first-order valence-electron chi connectivity index (χ1n) is 10.2. The lowest BCUT2D eigenvalue weighted by Gasteiger charge is -2.24. The van der Waals surface area contributed by atoms with E-state index in [2.05, 4.69) is 15.3 Å². The number of nitrogens with zero attached hydrogens (tertiary/aromatic N) is 3. The fraction of sp³-hybridized carbons (Fsp3) is 0.571. The van der Waals surface area contributed by atoms with Gasteiger partial charge < -0.3 is 20.3 Å². The second-order valence-electron chi connectivity index (χ2n) is 8.17. The Labute approximate surface area is 171 Å². The molecule has 1 aromatic heterocycles. The van der Waals surface area contributed by atoms with Gasteiger partial charge in [-0.2, -0.15) is 0 Å². The summed E-state index contributed by atoms with van der Waals surface area (Å²) in [4.78, 5) is 36.2. The number of hydrogen-bond acceptors (Lipinski definition) is 5. The van der Waals surface area contributed by atoms with Gasteiger partial charge in [0, 0.05) is 19.0 Å². The van der Waals surface area contributed by atoms with Gasteiger partial charge in [-0.1, -0.05) is 26.0 Å². The molecule has 1 fully saturated rings. The minimum Gasteiger partial charge on any atom is -0.391 e. The highest BCUT2D eigenvalue weighted by atomic mass is 16.3. The number of rotatable bonds is 6. The summed E-state index contributed by atoms with van der Waals surface area (Å²) >= 11 is 0. The molecule has 0 radical (unpaired) electrons. The van der Waals surface area contributed by atoms with E-state index in [0.29, 0.717) is 32.5 Å². The van der Waals surface area contributed by atoms with Crippen LogP contribution in [0.5, 0.6) is 0 Å². The van der Waals surface area contributed by atoms with Crippen molar-refractivity contribution in [3.8, 4) is 0 Å². The largest absolute Gasteiger partial charge is 0.391 e. The molecule has 1 saturated heterocycles. The van der Waals surface area contributed by atoms with E-state index in [-0.39, 0.29) is 30.3 Å². The molecule has 3 rings (SSSR count). The molecule has 158 valence electrons. The second kappa shape index (κ2) is 9.37. The van der Waals surface area contributed by atoms with E-state index in [1.807, 2.05) is 50.1 Å². The number of imidazole rings is 1. The standard InChI is InChI=1S/C21H31N5O3/c1-14(2)21(29)24-17-8-10-26(11-9-18(17)27)20(28)13-25(3)12-19-22-15-6-4-5-7-16(15)23-19/h4-7,14,17-18,27H,8-13H2,1-3H3,(H,22,23)(H,24,29)/t17-,18-/m0/s1. The molecule has 0 aliphatic carbocycles. The van der Waals surface area contributed by atoms with E-state index in [0.717, 1.165) is 16.9 Å². The Hall–Kier alpha value is -2.45. The number of aromatic amines is 1. The molecule has 2 amide bonds. The number of benzene rings is 1. The minimum absolute atomic E-state index is 0.0200. The van der Waals surface area contributed by atoms with Crippen LogP contribution in [0.15, 0.2) is 24.3 Å². The summed E-state index contributed by atoms with van der Waals surface area (Å²) in [6, 6.07) is 7.54. The number of amides is 2. The van der Waals surface area contributed by atoms with Crippen LogP contribution in [0, 0.1) is 5.92 Å². The number of H-pyrrole nitrogens is 1. The predicted octanol–water partition coefficient (Wildman–Crippen LogP) is 1.12. The molecule has 1 aromatic carbocycles. The fourth-order valence-corrected chi connectivity index (χ4v) is 3.58. The van der Waals surface area contributed by atoms with Crippen LogP contribution in [0.2, 0.25) is 0 Å². The predicted molar refractivity (Wildman–Crippen MR) is 111 cm³/mol. The van der Waals surface area contributed by atoms with Gasteiger partial charge in [0.2, 0.25) is 11.8 Å². The van der Waals surface area contributed by atoms with Crippen LogP contribution in [0.4, 0.5) is 0 Å². The number of aliphatic hydroxyl groups excluding tert-OH is 1. The molecule has 2 atom stereocenters. The van der Waals surface area contributed by atoms with Crippen molar-refractivity contribution in [3.63, 3.8) is 0 Å². The van der Waals surface area contributed by atoms with Gasteiger partial charge in [-0.25, -0.2) is 4.98 Å². The maximum Gasteiger partial charge on any atom is 0.236 e. The smallest absolute Gasteiger partial charge is 0.236 e. The molecule has 0 unspecified atom stereocenters. The second-order valence-corrected chi connectivity index (χ2v) is 8.17. The molecule has 1 aliphatic rings. The Bertz CT molecular complexity index is 817. The molecule has 1 aliphatic heterocycles. The summed E-state index contributed by atoms with van der Waals surface area (Å²) in [5.74, 6) is 0.644. The summed E-state index contributed by atoms with van der Waals surface area (Å²) in [7, 11) is 1.89. The Balaban J connectivity index is 1.52. The van der Waals surface area contributed by atoms with Crippen molar-refractivity contribution < 1.29 is 14.7 Å². The number of nitrogens with one attached hydrogen (secondary N) is 2. The van der Waals surface area contributed by atoms with Crippen LogP contribution in [0.1, 0.15) is 32.5 Å². The van der Waals surface area contributed by atoms with Crippen molar-refractivity contribution in [2.24, 2.45) is 5.92 Å². The number of carbonyl (C=O) groups excluding carboxylic acids is 2. The maximum atomic E-state index is 12.8. The summed E-state index contributed by atoms with van der Waals surface area (Å²) < 4.78 is 0. The Kier molecular flexibility index (Phi) is 6.87. The van der Waals surface area contributed by atoms with Gasteiger partial charge in [0.15, 0.2) is 0 Å². The van der Waals surface area contributed by atoms with Gasteiger partial charge in [0.05, 0.1) is 36.3 Å². The van der Waals surface area contributed by atoms with Crippen molar-refractivity contribution in [1.82, 2.24) is 25.1 Å². The number of fused-ring (bicyclic) bond motifs is 1. The number of carbonyl (C=O) groups is 2. The topological polar surface area (TPSA) is 102 Å². The van der Waals surface area contributed by atoms with Crippen LogP contribution in [0.3, 0.4) is 0 Å². The normalized spacial score (nSPS) is 20.3. The number of para-hydroxylation sites is 2. The molecule has 8 nitrogen and oxygen atoms in total. The minimum atomic E-state index is -0.635. The van der Waals surface area contributed by atoms with Crippen LogP contribution >= 0.6 is 0 Å². The van der Waals surface area contributed by atoms with E-state index in [1.54, 1.807) is 4.90 Å². The molecular weight excluding hydrogens is 370 g/mol. The third kappa shape index (κ3) is 5.55. The zero-order chi connectivity index (χ0) is 21.0. The van der Waals surface area contributed by atoms with Gasteiger partial charge in [-0.05, 0) is 32.0 Å². The lowest BCUT2D eigenvalue weighted by atomic mass is 10.1. The first kappa shape index (κ1) is 21.3. The van der Waals surface area contributed by atoms with Gasteiger partial charge in [-0.3, -0.25) is 14.5 Å². The van der Waals surface area contributed by atoms with Gasteiger partial charge in [-0.15, -0.1) is 0 Å². The molecule has 2 aromatic rings. The van der Waals surface area contributed by atoms with Crippen LogP contribution < -0.4 is 5.32 Å². The average molecular weight is 402 g/mol. The summed E-state index contributed by atoms with van der Waals surface area (Å²) in [6.07, 6.45) is 0.379. The van der Waals surface area contributed by atoms with Crippen molar-refractivity contribution in [2.45, 2.75) is 45.4 Å². The third-order valence-corrected chi connectivity index (χ3v) is 5.34. The van der Waals surface area contributed by atoms with Crippen LogP contribution in [0.25, 0.3) is 11.0 Å². The summed E-state index contributed by atoms with van der Waals surface area (Å²) in [5, 5.41) is 13.3. The third-order valence-electron chi connectivity index (χ3n) is 5.34. The zero-order valence-corrected chi connectivity index (χ0v) is 17.4. The fourth-order valence-electron chi connectivity index (χ4n) is 3.58. The Morgan fingerprint density at radius 1 is 1.31 bits per heavy atom. The monoisotopic (exact) mass is 401 g/mol. The zero-order valence-electron chi connectivity index (χ0n) is 17.4. The van der Waals surface area contributed by atoms with Crippen molar-refractivity contribution in [2.75, 3.05) is 26.7 Å². The van der Waals surface area contributed by atoms with E-state index in [4.69, 9.17) is 0 Å².